The van der Waals surface area contributed by atoms with Crippen LogP contribution in [0.2, 0.25) is 0 Å². The fourth-order valence-corrected chi connectivity index (χ4v) is 4.09. The second kappa shape index (κ2) is 6.76. The van der Waals surface area contributed by atoms with E-state index in [0.29, 0.717) is 12.0 Å². The minimum Gasteiger partial charge on any atom is -0.480 e. The van der Waals surface area contributed by atoms with Gasteiger partial charge in [0.2, 0.25) is 10.0 Å². The van der Waals surface area contributed by atoms with E-state index in [9.17, 15) is 21.6 Å². The molecular weight excluding hydrogens is 330 g/mol. The molecule has 22 heavy (non-hydrogen) atoms. The summed E-state index contributed by atoms with van der Waals surface area (Å²) in [6.07, 6.45) is 1.60. The summed E-state index contributed by atoms with van der Waals surface area (Å²) in [4.78, 5) is 10.7. The van der Waals surface area contributed by atoms with Crippen LogP contribution in [0.15, 0.2) is 28.0 Å². The van der Waals surface area contributed by atoms with Crippen LogP contribution in [-0.2, 0) is 24.7 Å². The summed E-state index contributed by atoms with van der Waals surface area (Å²) >= 11 is 0. The van der Waals surface area contributed by atoms with Crippen molar-refractivity contribution in [3.8, 4) is 0 Å². The molecule has 9 heteroatoms. The second-order valence-electron chi connectivity index (χ2n) is 5.00. The van der Waals surface area contributed by atoms with E-state index in [-0.39, 0.29) is 16.2 Å². The standard InChI is InChI=1S/C13H19NO6S2/c1-4-5-11(13(15)16)14-22(19,20)12-8-10(21(3,17)18)7-6-9(12)2/h6-8,11,14H,4-5H2,1-3H3,(H,15,16). The quantitative estimate of drug-likeness (QED) is 0.756. The minimum atomic E-state index is -4.14. The van der Waals surface area contributed by atoms with E-state index in [1.54, 1.807) is 6.92 Å². The molecular formula is C13H19NO6S2. The van der Waals surface area contributed by atoms with Crippen molar-refractivity contribution in [2.45, 2.75) is 42.5 Å². The number of aryl methyl sites for hydroxylation is 1. The molecule has 0 saturated heterocycles. The molecule has 1 unspecified atom stereocenters. The monoisotopic (exact) mass is 349 g/mol. The molecule has 0 spiro atoms. The van der Waals surface area contributed by atoms with Gasteiger partial charge in [0.15, 0.2) is 9.84 Å². The number of carboxylic acids is 1. The first-order chi connectivity index (χ1) is 9.99. The third-order valence-electron chi connectivity index (χ3n) is 3.05. The number of nitrogens with one attached hydrogen (secondary N) is 1. The van der Waals surface area contributed by atoms with E-state index in [1.165, 1.54) is 19.1 Å². The van der Waals surface area contributed by atoms with Crippen LogP contribution in [0.25, 0.3) is 0 Å². The molecule has 1 rings (SSSR count). The zero-order chi connectivity index (χ0) is 17.1. The topological polar surface area (TPSA) is 118 Å². The first kappa shape index (κ1) is 18.6. The van der Waals surface area contributed by atoms with Gasteiger partial charge in [-0.05, 0) is 31.0 Å². The molecule has 1 aromatic carbocycles. The molecule has 0 aliphatic rings. The van der Waals surface area contributed by atoms with Crippen molar-refractivity contribution in [2.75, 3.05) is 6.26 Å². The number of hydrogen-bond acceptors (Lipinski definition) is 5. The van der Waals surface area contributed by atoms with E-state index >= 15 is 0 Å². The highest BCUT2D eigenvalue weighted by molar-refractivity contribution is 7.91. The van der Waals surface area contributed by atoms with Gasteiger partial charge >= 0.3 is 5.97 Å². The van der Waals surface area contributed by atoms with Crippen LogP contribution >= 0.6 is 0 Å². The molecule has 0 aromatic heterocycles. The maximum absolute atomic E-state index is 12.4. The van der Waals surface area contributed by atoms with Crippen LogP contribution in [-0.4, -0.2) is 40.2 Å². The average Bonchev–Trinajstić information content (AvgIpc) is 2.36. The van der Waals surface area contributed by atoms with Crippen LogP contribution in [0, 0.1) is 6.92 Å². The summed E-state index contributed by atoms with van der Waals surface area (Å²) in [6.45, 7) is 3.25. The lowest BCUT2D eigenvalue weighted by atomic mass is 10.2. The highest BCUT2D eigenvalue weighted by Gasteiger charge is 2.26. The summed E-state index contributed by atoms with van der Waals surface area (Å²) in [5.74, 6) is -1.28. The molecule has 0 amide bonds. The van der Waals surface area contributed by atoms with Crippen LogP contribution < -0.4 is 4.72 Å². The Labute approximate surface area is 130 Å². The molecule has 1 atom stereocenters. The Hall–Kier alpha value is -1.45. The SMILES string of the molecule is CCCC(NS(=O)(=O)c1cc(S(C)(=O)=O)ccc1C)C(=O)O. The first-order valence-corrected chi connectivity index (χ1v) is 9.92. The van der Waals surface area contributed by atoms with Crippen LogP contribution in [0.5, 0.6) is 0 Å². The van der Waals surface area contributed by atoms with Gasteiger partial charge in [-0.1, -0.05) is 19.4 Å². The number of sulfone groups is 1. The zero-order valence-corrected chi connectivity index (χ0v) is 14.2. The Morgan fingerprint density at radius 2 is 1.86 bits per heavy atom. The van der Waals surface area contributed by atoms with Gasteiger partial charge in [0, 0.05) is 6.26 Å². The van der Waals surface area contributed by atoms with Gasteiger partial charge < -0.3 is 5.11 Å². The number of carboxylic acid groups (broad SMARTS) is 1. The number of carbonyl (C=O) groups is 1. The maximum atomic E-state index is 12.4. The number of sulfonamides is 1. The molecule has 0 aliphatic heterocycles. The summed E-state index contributed by atoms with van der Waals surface area (Å²) in [5, 5.41) is 9.04. The molecule has 0 aliphatic carbocycles. The minimum absolute atomic E-state index is 0.138. The smallest absolute Gasteiger partial charge is 0.321 e. The Morgan fingerprint density at radius 3 is 2.32 bits per heavy atom. The molecule has 1 aromatic rings. The van der Waals surface area contributed by atoms with Crippen LogP contribution in [0.3, 0.4) is 0 Å². The third kappa shape index (κ3) is 4.52. The van der Waals surface area contributed by atoms with E-state index in [0.717, 1.165) is 12.3 Å². The lowest BCUT2D eigenvalue weighted by molar-refractivity contribution is -0.139. The van der Waals surface area contributed by atoms with Crippen molar-refractivity contribution in [3.05, 3.63) is 23.8 Å². The molecule has 7 nitrogen and oxygen atoms in total. The predicted molar refractivity (Wildman–Crippen MR) is 80.9 cm³/mol. The van der Waals surface area contributed by atoms with E-state index in [4.69, 9.17) is 5.11 Å². The third-order valence-corrected chi connectivity index (χ3v) is 5.77. The molecule has 0 heterocycles. The van der Waals surface area contributed by atoms with Gasteiger partial charge in [-0.3, -0.25) is 4.79 Å². The molecule has 0 radical (unpaired) electrons. The van der Waals surface area contributed by atoms with Gasteiger partial charge in [0.1, 0.15) is 6.04 Å². The number of rotatable bonds is 7. The number of hydrogen-bond donors (Lipinski definition) is 2. The Balaban J connectivity index is 3.31. The van der Waals surface area contributed by atoms with Crippen LogP contribution in [0.1, 0.15) is 25.3 Å². The Morgan fingerprint density at radius 1 is 1.27 bits per heavy atom. The van der Waals surface area contributed by atoms with Gasteiger partial charge in [-0.2, -0.15) is 4.72 Å². The number of aliphatic carboxylic acids is 1. The van der Waals surface area contributed by atoms with E-state index < -0.39 is 31.9 Å². The maximum Gasteiger partial charge on any atom is 0.321 e. The lowest BCUT2D eigenvalue weighted by Gasteiger charge is -2.15. The van der Waals surface area contributed by atoms with Gasteiger partial charge in [-0.15, -0.1) is 0 Å². The molecule has 2 N–H and O–H groups in total. The lowest BCUT2D eigenvalue weighted by Crippen LogP contribution is -2.40. The van der Waals surface area contributed by atoms with Crippen molar-refractivity contribution >= 4 is 25.8 Å². The average molecular weight is 349 g/mol. The molecule has 0 fully saturated rings. The van der Waals surface area contributed by atoms with Crippen LogP contribution in [0.4, 0.5) is 0 Å². The second-order valence-corrected chi connectivity index (χ2v) is 8.70. The summed E-state index contributed by atoms with van der Waals surface area (Å²) in [6, 6.07) is 2.47. The number of benzene rings is 1. The Bertz CT molecular complexity index is 768. The summed E-state index contributed by atoms with van der Waals surface area (Å²) in [5.41, 5.74) is 0.334. The van der Waals surface area contributed by atoms with Crippen molar-refractivity contribution < 1.29 is 26.7 Å². The van der Waals surface area contributed by atoms with Crippen molar-refractivity contribution in [2.24, 2.45) is 0 Å². The normalized spacial score (nSPS) is 13.8. The van der Waals surface area contributed by atoms with E-state index in [1.807, 2.05) is 0 Å². The fraction of sp³-hybridized carbons (Fsp3) is 0.462. The largest absolute Gasteiger partial charge is 0.480 e. The van der Waals surface area contributed by atoms with Crippen molar-refractivity contribution in [1.82, 2.24) is 4.72 Å². The molecule has 0 bridgehead atoms. The highest BCUT2D eigenvalue weighted by atomic mass is 32.2. The van der Waals surface area contributed by atoms with Gasteiger partial charge in [0.25, 0.3) is 0 Å². The van der Waals surface area contributed by atoms with Gasteiger partial charge in [0.05, 0.1) is 9.79 Å². The zero-order valence-electron chi connectivity index (χ0n) is 12.5. The van der Waals surface area contributed by atoms with E-state index in [2.05, 4.69) is 4.72 Å². The highest BCUT2D eigenvalue weighted by Crippen LogP contribution is 2.20. The van der Waals surface area contributed by atoms with Crippen molar-refractivity contribution in [1.29, 1.82) is 0 Å². The molecule has 0 saturated carbocycles. The summed E-state index contributed by atoms with van der Waals surface area (Å²) < 4.78 is 49.9. The Kier molecular flexibility index (Phi) is 5.71. The van der Waals surface area contributed by atoms with Gasteiger partial charge in [-0.25, -0.2) is 16.8 Å². The summed E-state index contributed by atoms with van der Waals surface area (Å²) in [7, 11) is -7.70. The fourth-order valence-electron chi connectivity index (χ4n) is 1.87. The molecule has 124 valence electrons. The van der Waals surface area contributed by atoms with Crippen molar-refractivity contribution in [3.63, 3.8) is 0 Å². The first-order valence-electron chi connectivity index (χ1n) is 6.55. The predicted octanol–water partition coefficient (Wildman–Crippen LogP) is 0.930.